The van der Waals surface area contributed by atoms with E-state index < -0.39 is 12.0 Å². The maximum atomic E-state index is 12.7. The van der Waals surface area contributed by atoms with E-state index in [1.807, 2.05) is 24.3 Å². The van der Waals surface area contributed by atoms with Crippen LogP contribution in [-0.4, -0.2) is 60.8 Å². The summed E-state index contributed by atoms with van der Waals surface area (Å²) in [6.07, 6.45) is 1.57. The van der Waals surface area contributed by atoms with Gasteiger partial charge in [0.25, 0.3) is 0 Å². The summed E-state index contributed by atoms with van der Waals surface area (Å²) in [7, 11) is 4.94. The number of carboxylic acids is 1. The lowest BCUT2D eigenvalue weighted by Gasteiger charge is -2.29. The summed E-state index contributed by atoms with van der Waals surface area (Å²) in [4.78, 5) is 27.5. The molecule has 0 aliphatic heterocycles. The zero-order chi connectivity index (χ0) is 21.0. The van der Waals surface area contributed by atoms with Gasteiger partial charge in [-0.2, -0.15) is 0 Å². The number of unbranched alkanes of at least 4 members (excludes halogenated alkanes) is 1. The molecule has 0 spiro atoms. The van der Waals surface area contributed by atoms with Gasteiger partial charge in [-0.05, 0) is 55.6 Å². The maximum absolute atomic E-state index is 12.7. The van der Waals surface area contributed by atoms with Crippen molar-refractivity contribution in [1.82, 2.24) is 9.80 Å². The number of carboxylic acid groups (broad SMARTS) is 1. The molecule has 1 aliphatic rings. The maximum Gasteiger partial charge on any atom is 0.410 e. The molecule has 0 fully saturated rings. The van der Waals surface area contributed by atoms with Gasteiger partial charge in [-0.15, -0.1) is 0 Å². The minimum Gasteiger partial charge on any atom is -0.480 e. The van der Waals surface area contributed by atoms with Crippen LogP contribution in [0.2, 0.25) is 0 Å². The number of benzene rings is 2. The number of carbonyl (C=O) groups is 2. The number of hydrogen-bond donors (Lipinski definition) is 1. The van der Waals surface area contributed by atoms with E-state index in [2.05, 4.69) is 24.3 Å². The first-order valence-electron chi connectivity index (χ1n) is 9.87. The van der Waals surface area contributed by atoms with E-state index in [0.717, 1.165) is 22.3 Å². The van der Waals surface area contributed by atoms with Gasteiger partial charge in [0, 0.05) is 6.54 Å². The van der Waals surface area contributed by atoms with Gasteiger partial charge in [-0.1, -0.05) is 48.5 Å². The fourth-order valence-electron chi connectivity index (χ4n) is 4.13. The second kappa shape index (κ2) is 9.09. The van der Waals surface area contributed by atoms with Gasteiger partial charge in [0.2, 0.25) is 0 Å². The highest BCUT2D eigenvalue weighted by Crippen LogP contribution is 2.46. The average molecular weight is 396 g/mol. The summed E-state index contributed by atoms with van der Waals surface area (Å²) in [5, 5.41) is 9.34. The van der Waals surface area contributed by atoms with Crippen LogP contribution in [0, 0.1) is 0 Å². The van der Waals surface area contributed by atoms with Crippen molar-refractivity contribution < 1.29 is 19.4 Å². The van der Waals surface area contributed by atoms with E-state index in [1.54, 1.807) is 23.9 Å². The average Bonchev–Trinajstić information content (AvgIpc) is 3.04. The lowest BCUT2D eigenvalue weighted by Crippen LogP contribution is -2.37. The Balaban J connectivity index is 1.79. The molecule has 2 aromatic rings. The molecule has 154 valence electrons. The molecule has 1 amide bonds. The quantitative estimate of drug-likeness (QED) is 0.683. The molecular formula is C23H28N2O4. The molecule has 1 atom stereocenters. The first kappa shape index (κ1) is 20.9. The molecule has 0 heterocycles. The van der Waals surface area contributed by atoms with Crippen LogP contribution < -0.4 is 0 Å². The Kier molecular flexibility index (Phi) is 6.54. The van der Waals surface area contributed by atoms with Crippen molar-refractivity contribution in [2.45, 2.75) is 31.3 Å². The fraction of sp³-hybridized carbons (Fsp3) is 0.391. The van der Waals surface area contributed by atoms with Crippen molar-refractivity contribution in [3.63, 3.8) is 0 Å². The van der Waals surface area contributed by atoms with Crippen LogP contribution in [0.3, 0.4) is 0 Å². The number of likely N-dealkylation sites (N-methyl/N-ethyl adjacent to an activating group) is 1. The molecule has 0 bridgehead atoms. The highest BCUT2D eigenvalue weighted by molar-refractivity contribution is 5.81. The molecule has 0 aromatic heterocycles. The molecule has 0 unspecified atom stereocenters. The number of amides is 1. The van der Waals surface area contributed by atoms with Crippen molar-refractivity contribution in [2.75, 3.05) is 27.7 Å². The van der Waals surface area contributed by atoms with E-state index in [9.17, 15) is 14.7 Å². The normalized spacial score (nSPS) is 13.7. The van der Waals surface area contributed by atoms with Crippen molar-refractivity contribution in [2.24, 2.45) is 0 Å². The van der Waals surface area contributed by atoms with E-state index in [-0.39, 0.29) is 12.1 Å². The van der Waals surface area contributed by atoms with Crippen LogP contribution in [0.25, 0.3) is 11.1 Å². The van der Waals surface area contributed by atoms with Gasteiger partial charge in [-0.25, -0.2) is 4.79 Å². The number of nitrogens with zero attached hydrogens (tertiary/aromatic N) is 2. The minimum atomic E-state index is -0.821. The summed E-state index contributed by atoms with van der Waals surface area (Å²) in [5.74, 6) is -0.821. The van der Waals surface area contributed by atoms with Crippen LogP contribution >= 0.6 is 0 Å². The van der Waals surface area contributed by atoms with Crippen LogP contribution in [0.15, 0.2) is 48.5 Å². The molecule has 6 nitrogen and oxygen atoms in total. The lowest BCUT2D eigenvalue weighted by molar-refractivity contribution is -0.142. The Morgan fingerprint density at radius 3 is 2.03 bits per heavy atom. The largest absolute Gasteiger partial charge is 0.480 e. The minimum absolute atomic E-state index is 0.195. The molecule has 0 radical (unpaired) electrons. The number of ether oxygens (including phenoxy) is 1. The summed E-state index contributed by atoms with van der Waals surface area (Å²) >= 11 is 0. The van der Waals surface area contributed by atoms with Gasteiger partial charge >= 0.3 is 12.1 Å². The third-order valence-electron chi connectivity index (χ3n) is 5.56. The standard InChI is InChI=1S/C23H28N2O4/c1-24(2)20(22(26)27)14-8-9-15-25(23(28)29-3)21-18-12-6-4-10-16(18)17-11-5-7-13-19(17)21/h4-7,10-13,20-21H,8-9,14-15H2,1-3H3,(H,26,27)/t20-/m0/s1. The summed E-state index contributed by atoms with van der Waals surface area (Å²) in [6.45, 7) is 0.500. The second-order valence-electron chi connectivity index (χ2n) is 7.55. The van der Waals surface area contributed by atoms with Crippen LogP contribution in [0.1, 0.15) is 36.4 Å². The zero-order valence-electron chi connectivity index (χ0n) is 17.2. The number of fused-ring (bicyclic) bond motifs is 3. The van der Waals surface area contributed by atoms with E-state index in [4.69, 9.17) is 4.74 Å². The first-order chi connectivity index (χ1) is 14.0. The fourth-order valence-corrected chi connectivity index (χ4v) is 4.13. The van der Waals surface area contributed by atoms with Gasteiger partial charge < -0.3 is 9.84 Å². The number of aliphatic carboxylic acids is 1. The number of carbonyl (C=O) groups excluding carboxylic acids is 1. The van der Waals surface area contributed by atoms with Gasteiger partial charge in [-0.3, -0.25) is 14.6 Å². The highest BCUT2D eigenvalue weighted by atomic mass is 16.5. The molecular weight excluding hydrogens is 368 g/mol. The van der Waals surface area contributed by atoms with Gasteiger partial charge in [0.1, 0.15) is 6.04 Å². The predicted molar refractivity (Wildman–Crippen MR) is 112 cm³/mol. The van der Waals surface area contributed by atoms with Crippen molar-refractivity contribution in [3.05, 3.63) is 59.7 Å². The third-order valence-corrected chi connectivity index (χ3v) is 5.56. The van der Waals surface area contributed by atoms with Crippen molar-refractivity contribution >= 4 is 12.1 Å². The monoisotopic (exact) mass is 396 g/mol. The molecule has 2 aromatic carbocycles. The van der Waals surface area contributed by atoms with E-state index in [1.165, 1.54) is 7.11 Å². The first-order valence-corrected chi connectivity index (χ1v) is 9.87. The summed E-state index contributed by atoms with van der Waals surface area (Å²) in [6, 6.07) is 15.6. The molecule has 0 saturated carbocycles. The predicted octanol–water partition coefficient (Wildman–Crippen LogP) is 4.01. The Labute approximate surface area is 171 Å². The van der Waals surface area contributed by atoms with E-state index >= 15 is 0 Å². The van der Waals surface area contributed by atoms with Crippen LogP contribution in [0.4, 0.5) is 4.79 Å². The van der Waals surface area contributed by atoms with Gasteiger partial charge in [0.05, 0.1) is 13.2 Å². The van der Waals surface area contributed by atoms with Crippen molar-refractivity contribution in [1.29, 1.82) is 0 Å². The SMILES string of the molecule is COC(=O)N(CCCC[C@@H](C(=O)O)N(C)C)C1c2ccccc2-c2ccccc21. The highest BCUT2D eigenvalue weighted by Gasteiger charge is 2.35. The van der Waals surface area contributed by atoms with Crippen molar-refractivity contribution in [3.8, 4) is 11.1 Å². The molecule has 6 heteroatoms. The van der Waals surface area contributed by atoms with Crippen LogP contribution in [0.5, 0.6) is 0 Å². The zero-order valence-corrected chi connectivity index (χ0v) is 17.2. The molecule has 3 rings (SSSR count). The number of hydrogen-bond acceptors (Lipinski definition) is 4. The smallest absolute Gasteiger partial charge is 0.410 e. The Morgan fingerprint density at radius 2 is 1.55 bits per heavy atom. The second-order valence-corrected chi connectivity index (χ2v) is 7.55. The summed E-state index contributed by atoms with van der Waals surface area (Å²) < 4.78 is 5.09. The Morgan fingerprint density at radius 1 is 1.00 bits per heavy atom. The number of methoxy groups -OCH3 is 1. The summed E-state index contributed by atoms with van der Waals surface area (Å²) in [5.41, 5.74) is 4.47. The number of rotatable bonds is 8. The lowest BCUT2D eigenvalue weighted by atomic mass is 10.0. The topological polar surface area (TPSA) is 70.1 Å². The molecule has 0 saturated heterocycles. The molecule has 29 heavy (non-hydrogen) atoms. The molecule has 1 N–H and O–H groups in total. The van der Waals surface area contributed by atoms with Gasteiger partial charge in [0.15, 0.2) is 0 Å². The Bertz CT molecular complexity index is 835. The van der Waals surface area contributed by atoms with Crippen LogP contribution in [-0.2, 0) is 9.53 Å². The molecule has 1 aliphatic carbocycles. The Hall–Kier alpha value is -2.86. The third kappa shape index (κ3) is 4.27. The van der Waals surface area contributed by atoms with E-state index in [0.29, 0.717) is 25.8 Å².